The molecule has 172 valence electrons. The first-order chi connectivity index (χ1) is 14.8. The minimum Gasteiger partial charge on any atom is -0.460 e. The number of aliphatic hydroxyl groups excluding tert-OH is 3. The quantitative estimate of drug-likeness (QED) is 0.144. The van der Waals surface area contributed by atoms with Gasteiger partial charge in [-0.3, -0.25) is 5.32 Å². The average Bonchev–Trinajstić information content (AvgIpc) is 2.74. The number of rotatable bonds is 10. The molecular weight excluding hydrogens is 429 g/mol. The summed E-state index contributed by atoms with van der Waals surface area (Å²) in [7, 11) is -2.18. The lowest BCUT2D eigenvalue weighted by atomic mass is 9.97. The Morgan fingerprint density at radius 1 is 1.23 bits per heavy atom. The number of carbonyl (C=O) groups is 1. The molecule has 1 saturated heterocycles. The number of pyridine rings is 1. The van der Waals surface area contributed by atoms with Crippen LogP contribution < -0.4 is 15.4 Å². The summed E-state index contributed by atoms with van der Waals surface area (Å²) >= 11 is 0. The molecule has 0 bridgehead atoms. The number of unbranched alkanes of at least 4 members (excludes halogenated alkanes) is 2. The van der Waals surface area contributed by atoms with E-state index < -0.39 is 45.1 Å². The number of terminal acetylenes is 1. The number of ether oxygens (including phenoxy) is 2. The summed E-state index contributed by atoms with van der Waals surface area (Å²) in [5.74, 6) is 2.99. The van der Waals surface area contributed by atoms with Crippen molar-refractivity contribution < 1.29 is 39.4 Å². The molecule has 2 heterocycles. The molecule has 0 spiro atoms. The van der Waals surface area contributed by atoms with Gasteiger partial charge in [0.05, 0.1) is 12.3 Å². The Balaban J connectivity index is 1.86. The standard InChI is InChI=1S/C19H28N3O8P/c1-2-3-4-5-9-20-19(26)22-14-7-6-12(11-21-14)29-18-17(25)16(24)15(23)13(30-18)8-10-31(27)28/h1,6-7,11,13,15-18,23-25,27-28H,3-5,8-10H2,(H2,20,21,22,26)/t13?,15-,16?,17?,18+/m1/s1. The molecule has 31 heavy (non-hydrogen) atoms. The van der Waals surface area contributed by atoms with E-state index in [0.717, 1.165) is 12.8 Å². The number of nitrogens with zero attached hydrogens (tertiary/aromatic N) is 1. The minimum atomic E-state index is -2.18. The number of aliphatic hydroxyl groups is 3. The van der Waals surface area contributed by atoms with E-state index in [0.29, 0.717) is 13.0 Å². The lowest BCUT2D eigenvalue weighted by molar-refractivity contribution is -0.272. The smallest absolute Gasteiger partial charge is 0.320 e. The zero-order chi connectivity index (χ0) is 22.8. The van der Waals surface area contributed by atoms with Gasteiger partial charge in [0.15, 0.2) is 8.38 Å². The van der Waals surface area contributed by atoms with Gasteiger partial charge in [-0.25, -0.2) is 9.78 Å². The molecule has 2 rings (SSSR count). The molecule has 7 N–H and O–H groups in total. The number of urea groups is 1. The molecule has 1 aliphatic heterocycles. The maximum atomic E-state index is 11.8. The predicted molar refractivity (Wildman–Crippen MR) is 112 cm³/mol. The zero-order valence-electron chi connectivity index (χ0n) is 16.8. The van der Waals surface area contributed by atoms with E-state index in [4.69, 9.17) is 25.7 Å². The van der Waals surface area contributed by atoms with Crippen molar-refractivity contribution in [1.82, 2.24) is 10.3 Å². The summed E-state index contributed by atoms with van der Waals surface area (Å²) in [5, 5.41) is 35.4. The van der Waals surface area contributed by atoms with E-state index in [9.17, 15) is 20.1 Å². The lowest BCUT2D eigenvalue weighted by Gasteiger charge is -2.40. The van der Waals surface area contributed by atoms with Gasteiger partial charge in [-0.1, -0.05) is 0 Å². The van der Waals surface area contributed by atoms with Crippen molar-refractivity contribution in [2.75, 3.05) is 18.0 Å². The van der Waals surface area contributed by atoms with Crippen LogP contribution in [0.3, 0.4) is 0 Å². The second-order valence-electron chi connectivity index (χ2n) is 6.94. The molecule has 1 aromatic heterocycles. The molecule has 5 atom stereocenters. The Morgan fingerprint density at radius 2 is 2.00 bits per heavy atom. The fraction of sp³-hybridized carbons (Fsp3) is 0.579. The molecule has 0 saturated carbocycles. The van der Waals surface area contributed by atoms with Crippen molar-refractivity contribution in [3.05, 3.63) is 18.3 Å². The Hall–Kier alpha value is -2.03. The molecule has 1 aromatic rings. The molecule has 11 nitrogen and oxygen atoms in total. The summed E-state index contributed by atoms with van der Waals surface area (Å²) in [6, 6.07) is 2.55. The summed E-state index contributed by atoms with van der Waals surface area (Å²) in [5.41, 5.74) is 0. The number of anilines is 1. The van der Waals surface area contributed by atoms with Gasteiger partial charge in [-0.05, 0) is 31.4 Å². The Morgan fingerprint density at radius 3 is 2.65 bits per heavy atom. The van der Waals surface area contributed by atoms with Crippen LogP contribution in [0.1, 0.15) is 25.7 Å². The van der Waals surface area contributed by atoms with Crippen LogP contribution in [-0.4, -0.2) is 79.5 Å². The van der Waals surface area contributed by atoms with Gasteiger partial charge in [0.2, 0.25) is 6.29 Å². The first kappa shape index (κ1) is 25.2. The Bertz CT molecular complexity index is 730. The third kappa shape index (κ3) is 8.20. The van der Waals surface area contributed by atoms with E-state index in [-0.39, 0.29) is 24.2 Å². The normalized spacial score (nSPS) is 25.6. The predicted octanol–water partition coefficient (Wildman–Crippen LogP) is -0.120. The number of hydrogen-bond acceptors (Lipinski definition) is 9. The molecule has 2 amide bonds. The second-order valence-corrected chi connectivity index (χ2v) is 8.13. The maximum Gasteiger partial charge on any atom is 0.320 e. The van der Waals surface area contributed by atoms with E-state index in [2.05, 4.69) is 21.5 Å². The molecule has 0 aliphatic carbocycles. The monoisotopic (exact) mass is 457 g/mol. The second kappa shape index (κ2) is 12.7. The topological polar surface area (TPSA) is 174 Å². The van der Waals surface area contributed by atoms with Gasteiger partial charge in [-0.15, -0.1) is 12.3 Å². The number of amides is 2. The third-order valence-corrected chi connectivity index (χ3v) is 5.20. The summed E-state index contributed by atoms with van der Waals surface area (Å²) < 4.78 is 11.0. The van der Waals surface area contributed by atoms with Crippen molar-refractivity contribution in [2.45, 2.75) is 56.4 Å². The van der Waals surface area contributed by atoms with Crippen LogP contribution in [-0.2, 0) is 4.74 Å². The van der Waals surface area contributed by atoms with E-state index in [1.165, 1.54) is 18.3 Å². The molecule has 1 fully saturated rings. The molecule has 0 radical (unpaired) electrons. The Kier molecular flexibility index (Phi) is 10.4. The highest BCUT2D eigenvalue weighted by molar-refractivity contribution is 7.45. The van der Waals surface area contributed by atoms with Gasteiger partial charge in [0, 0.05) is 19.1 Å². The Labute approximate surface area is 181 Å². The van der Waals surface area contributed by atoms with Gasteiger partial charge >= 0.3 is 6.03 Å². The highest BCUT2D eigenvalue weighted by Gasteiger charge is 2.44. The number of carbonyl (C=O) groups excluding carboxylic acids is 1. The van der Waals surface area contributed by atoms with Crippen LogP contribution in [0.5, 0.6) is 5.75 Å². The zero-order valence-corrected chi connectivity index (χ0v) is 17.7. The van der Waals surface area contributed by atoms with E-state index in [1.807, 2.05) is 0 Å². The third-order valence-electron chi connectivity index (χ3n) is 4.55. The van der Waals surface area contributed by atoms with Crippen molar-refractivity contribution >= 4 is 20.2 Å². The van der Waals surface area contributed by atoms with Crippen molar-refractivity contribution in [1.29, 1.82) is 0 Å². The van der Waals surface area contributed by atoms with Crippen LogP contribution in [0, 0.1) is 12.3 Å². The SMILES string of the molecule is C#CCCCCNC(=O)Nc1ccc(O[C@H]2OC(CCP(O)O)[C@@H](O)C(O)C2O)cn1. The number of hydrogen-bond donors (Lipinski definition) is 7. The first-order valence-electron chi connectivity index (χ1n) is 9.77. The van der Waals surface area contributed by atoms with Crippen LogP contribution in [0.15, 0.2) is 18.3 Å². The van der Waals surface area contributed by atoms with Crippen molar-refractivity contribution in [2.24, 2.45) is 0 Å². The summed E-state index contributed by atoms with van der Waals surface area (Å²) in [6.45, 7) is 0.482. The minimum absolute atomic E-state index is 0.0273. The average molecular weight is 457 g/mol. The largest absolute Gasteiger partial charge is 0.460 e. The fourth-order valence-corrected chi connectivity index (χ4v) is 3.35. The van der Waals surface area contributed by atoms with Gasteiger partial charge in [0.1, 0.15) is 29.9 Å². The van der Waals surface area contributed by atoms with Crippen LogP contribution >= 0.6 is 8.38 Å². The highest BCUT2D eigenvalue weighted by atomic mass is 31.2. The highest BCUT2D eigenvalue weighted by Crippen LogP contribution is 2.30. The van der Waals surface area contributed by atoms with Crippen LogP contribution in [0.2, 0.25) is 0 Å². The molecule has 0 aromatic carbocycles. The fourth-order valence-electron chi connectivity index (χ4n) is 2.87. The summed E-state index contributed by atoms with van der Waals surface area (Å²) in [6.07, 6.45) is 2.01. The van der Waals surface area contributed by atoms with Crippen molar-refractivity contribution in [3.63, 3.8) is 0 Å². The maximum absolute atomic E-state index is 11.8. The molecule has 1 aliphatic rings. The van der Waals surface area contributed by atoms with E-state index in [1.54, 1.807) is 0 Å². The number of nitrogens with one attached hydrogen (secondary N) is 2. The van der Waals surface area contributed by atoms with Gasteiger partial charge in [0.25, 0.3) is 0 Å². The van der Waals surface area contributed by atoms with Gasteiger partial charge < -0.3 is 39.9 Å². The molecule has 12 heteroatoms. The summed E-state index contributed by atoms with van der Waals surface area (Å²) in [4.78, 5) is 34.0. The van der Waals surface area contributed by atoms with Gasteiger partial charge in [-0.2, -0.15) is 0 Å². The first-order valence-corrected chi connectivity index (χ1v) is 11.2. The van der Waals surface area contributed by atoms with Crippen LogP contribution in [0.4, 0.5) is 10.6 Å². The molecular formula is C19H28N3O8P. The lowest BCUT2D eigenvalue weighted by Crippen LogP contribution is -2.59. The van der Waals surface area contributed by atoms with Crippen LogP contribution in [0.25, 0.3) is 0 Å². The molecule has 3 unspecified atom stereocenters. The van der Waals surface area contributed by atoms with Crippen molar-refractivity contribution in [3.8, 4) is 18.1 Å². The number of aromatic nitrogens is 1. The van der Waals surface area contributed by atoms with E-state index >= 15 is 0 Å².